The normalized spacial score (nSPS) is 11.8. The number of benzene rings is 2. The first-order valence-electron chi connectivity index (χ1n) is 6.71. The topological polar surface area (TPSA) is 61.5 Å². The zero-order chi connectivity index (χ0) is 15.2. The monoisotopic (exact) mass is 285 g/mol. The molecule has 0 bridgehead atoms. The number of carbonyl (C=O) groups is 1. The average molecular weight is 285 g/mol. The summed E-state index contributed by atoms with van der Waals surface area (Å²) in [6, 6.07) is 15.2. The molecule has 110 valence electrons. The maximum Gasteiger partial charge on any atom is 0.322 e. The van der Waals surface area contributed by atoms with Crippen LogP contribution in [-0.2, 0) is 16.0 Å². The summed E-state index contributed by atoms with van der Waals surface area (Å²) in [7, 11) is 2.97. The van der Waals surface area contributed by atoms with Gasteiger partial charge in [-0.3, -0.25) is 4.79 Å². The number of hydrogen-bond donors (Lipinski definition) is 1. The van der Waals surface area contributed by atoms with E-state index in [1.807, 2.05) is 48.5 Å². The van der Waals surface area contributed by atoms with Crippen molar-refractivity contribution < 1.29 is 14.3 Å². The van der Waals surface area contributed by atoms with Crippen molar-refractivity contribution in [3.05, 3.63) is 54.1 Å². The highest BCUT2D eigenvalue weighted by atomic mass is 16.5. The summed E-state index contributed by atoms with van der Waals surface area (Å²) in [4.78, 5) is 11.4. The summed E-state index contributed by atoms with van der Waals surface area (Å²) in [5.41, 5.74) is 8.81. The van der Waals surface area contributed by atoms with Crippen LogP contribution >= 0.6 is 0 Å². The molecule has 0 fully saturated rings. The third-order valence-corrected chi connectivity index (χ3v) is 3.31. The van der Waals surface area contributed by atoms with Gasteiger partial charge in [0.15, 0.2) is 0 Å². The zero-order valence-corrected chi connectivity index (χ0v) is 12.2. The van der Waals surface area contributed by atoms with Crippen molar-refractivity contribution in [1.82, 2.24) is 0 Å². The standard InChI is InChI=1S/C17H19NO3/c1-20-16-11-12(10-15(18)17(19)21-2)8-9-14(16)13-6-4-3-5-7-13/h3-9,11,15H,10,18H2,1-2H3. The van der Waals surface area contributed by atoms with Crippen molar-refractivity contribution in [3.63, 3.8) is 0 Å². The predicted octanol–water partition coefficient (Wildman–Crippen LogP) is 2.41. The van der Waals surface area contributed by atoms with Crippen LogP contribution in [0.3, 0.4) is 0 Å². The van der Waals surface area contributed by atoms with Gasteiger partial charge in [-0.2, -0.15) is 0 Å². The van der Waals surface area contributed by atoms with E-state index in [9.17, 15) is 4.79 Å². The first-order valence-corrected chi connectivity index (χ1v) is 6.71. The van der Waals surface area contributed by atoms with E-state index in [-0.39, 0.29) is 0 Å². The number of rotatable bonds is 5. The molecule has 0 aliphatic rings. The van der Waals surface area contributed by atoms with E-state index >= 15 is 0 Å². The molecule has 0 aliphatic heterocycles. The highest BCUT2D eigenvalue weighted by molar-refractivity contribution is 5.76. The summed E-state index contributed by atoms with van der Waals surface area (Å²) in [5.74, 6) is 0.344. The fourth-order valence-corrected chi connectivity index (χ4v) is 2.21. The molecule has 0 amide bonds. The molecule has 2 rings (SSSR count). The Bertz CT molecular complexity index is 611. The molecule has 0 heterocycles. The van der Waals surface area contributed by atoms with E-state index in [0.717, 1.165) is 22.4 Å². The summed E-state index contributed by atoms with van der Waals surface area (Å²) in [6.45, 7) is 0. The lowest BCUT2D eigenvalue weighted by Gasteiger charge is -2.13. The van der Waals surface area contributed by atoms with Gasteiger partial charge in [0.2, 0.25) is 0 Å². The van der Waals surface area contributed by atoms with Gasteiger partial charge in [0.05, 0.1) is 14.2 Å². The molecule has 0 aromatic heterocycles. The molecule has 21 heavy (non-hydrogen) atoms. The second-order valence-electron chi connectivity index (χ2n) is 4.73. The van der Waals surface area contributed by atoms with E-state index in [1.165, 1.54) is 7.11 Å². The van der Waals surface area contributed by atoms with Crippen LogP contribution in [0.15, 0.2) is 48.5 Å². The van der Waals surface area contributed by atoms with Crippen LogP contribution in [0.25, 0.3) is 11.1 Å². The van der Waals surface area contributed by atoms with Gasteiger partial charge in [-0.1, -0.05) is 42.5 Å². The van der Waals surface area contributed by atoms with Gasteiger partial charge in [-0.15, -0.1) is 0 Å². The van der Waals surface area contributed by atoms with E-state index < -0.39 is 12.0 Å². The largest absolute Gasteiger partial charge is 0.496 e. The van der Waals surface area contributed by atoms with Crippen LogP contribution in [-0.4, -0.2) is 26.2 Å². The number of nitrogens with two attached hydrogens (primary N) is 1. The van der Waals surface area contributed by atoms with Crippen LogP contribution in [0.4, 0.5) is 0 Å². The molecule has 0 radical (unpaired) electrons. The zero-order valence-electron chi connectivity index (χ0n) is 12.2. The van der Waals surface area contributed by atoms with Crippen molar-refractivity contribution in [1.29, 1.82) is 0 Å². The van der Waals surface area contributed by atoms with Gasteiger partial charge < -0.3 is 15.2 Å². The van der Waals surface area contributed by atoms with Crippen LogP contribution in [0.2, 0.25) is 0 Å². The third kappa shape index (κ3) is 3.61. The SMILES string of the molecule is COC(=O)C(N)Cc1ccc(-c2ccccc2)c(OC)c1. The Morgan fingerprint density at radius 2 is 1.86 bits per heavy atom. The van der Waals surface area contributed by atoms with Gasteiger partial charge in [0.25, 0.3) is 0 Å². The molecule has 0 spiro atoms. The summed E-state index contributed by atoms with van der Waals surface area (Å²) >= 11 is 0. The van der Waals surface area contributed by atoms with Crippen molar-refractivity contribution in [2.75, 3.05) is 14.2 Å². The molecule has 0 saturated carbocycles. The van der Waals surface area contributed by atoms with Crippen molar-refractivity contribution in [2.45, 2.75) is 12.5 Å². The fourth-order valence-electron chi connectivity index (χ4n) is 2.21. The Hall–Kier alpha value is -2.33. The number of carbonyl (C=O) groups excluding carboxylic acids is 1. The van der Waals surface area contributed by atoms with E-state index in [1.54, 1.807) is 7.11 Å². The Morgan fingerprint density at radius 3 is 2.48 bits per heavy atom. The smallest absolute Gasteiger partial charge is 0.322 e. The molecule has 4 nitrogen and oxygen atoms in total. The molecule has 1 atom stereocenters. The molecule has 0 aliphatic carbocycles. The van der Waals surface area contributed by atoms with Gasteiger partial charge in [0.1, 0.15) is 11.8 Å². The molecule has 2 N–H and O–H groups in total. The molecule has 2 aromatic rings. The van der Waals surface area contributed by atoms with Gasteiger partial charge in [-0.25, -0.2) is 0 Å². The van der Waals surface area contributed by atoms with E-state index in [0.29, 0.717) is 6.42 Å². The molecule has 4 heteroatoms. The van der Waals surface area contributed by atoms with E-state index in [4.69, 9.17) is 10.5 Å². The first-order chi connectivity index (χ1) is 10.2. The van der Waals surface area contributed by atoms with Gasteiger partial charge in [0, 0.05) is 5.56 Å². The molecular weight excluding hydrogens is 266 g/mol. The van der Waals surface area contributed by atoms with Crippen LogP contribution < -0.4 is 10.5 Å². The lowest BCUT2D eigenvalue weighted by molar-refractivity contribution is -0.142. The minimum atomic E-state index is -0.665. The van der Waals surface area contributed by atoms with Crippen molar-refractivity contribution in [3.8, 4) is 16.9 Å². The Morgan fingerprint density at radius 1 is 1.14 bits per heavy atom. The molecule has 2 aromatic carbocycles. The first kappa shape index (κ1) is 15.1. The Balaban J connectivity index is 2.27. The summed E-state index contributed by atoms with van der Waals surface area (Å²) < 4.78 is 10.1. The number of methoxy groups -OCH3 is 2. The van der Waals surface area contributed by atoms with Crippen LogP contribution in [0, 0.1) is 0 Å². The van der Waals surface area contributed by atoms with Gasteiger partial charge >= 0.3 is 5.97 Å². The molecule has 0 saturated heterocycles. The fraction of sp³-hybridized carbons (Fsp3) is 0.235. The highest BCUT2D eigenvalue weighted by Gasteiger charge is 2.15. The minimum Gasteiger partial charge on any atom is -0.496 e. The van der Waals surface area contributed by atoms with Crippen molar-refractivity contribution in [2.24, 2.45) is 5.73 Å². The van der Waals surface area contributed by atoms with Crippen LogP contribution in [0.5, 0.6) is 5.75 Å². The number of ether oxygens (including phenoxy) is 2. The second kappa shape index (κ2) is 6.90. The van der Waals surface area contributed by atoms with E-state index in [2.05, 4.69) is 4.74 Å². The molecule has 1 unspecified atom stereocenters. The Kier molecular flexibility index (Phi) is 4.95. The number of esters is 1. The third-order valence-electron chi connectivity index (χ3n) is 3.31. The van der Waals surface area contributed by atoms with Crippen molar-refractivity contribution >= 4 is 5.97 Å². The quantitative estimate of drug-likeness (QED) is 0.857. The number of hydrogen-bond acceptors (Lipinski definition) is 4. The highest BCUT2D eigenvalue weighted by Crippen LogP contribution is 2.30. The minimum absolute atomic E-state index is 0.415. The summed E-state index contributed by atoms with van der Waals surface area (Å²) in [5, 5.41) is 0. The average Bonchev–Trinajstić information content (AvgIpc) is 2.54. The lowest BCUT2D eigenvalue weighted by Crippen LogP contribution is -2.33. The van der Waals surface area contributed by atoms with Crippen LogP contribution in [0.1, 0.15) is 5.56 Å². The summed E-state index contributed by atoms with van der Waals surface area (Å²) in [6.07, 6.45) is 0.415. The molecular formula is C17H19NO3. The maximum absolute atomic E-state index is 11.4. The predicted molar refractivity (Wildman–Crippen MR) is 82.1 cm³/mol. The second-order valence-corrected chi connectivity index (χ2v) is 4.73. The Labute approximate surface area is 124 Å². The lowest BCUT2D eigenvalue weighted by atomic mass is 9.99. The maximum atomic E-state index is 11.4. The van der Waals surface area contributed by atoms with Gasteiger partial charge in [-0.05, 0) is 23.6 Å².